The van der Waals surface area contributed by atoms with Gasteiger partial charge in [-0.2, -0.15) is 0 Å². The summed E-state index contributed by atoms with van der Waals surface area (Å²) in [4.78, 5) is 34.1. The summed E-state index contributed by atoms with van der Waals surface area (Å²) >= 11 is 0. The maximum Gasteiger partial charge on any atom is 0.270 e. The monoisotopic (exact) mass is 357 g/mol. The highest BCUT2D eigenvalue weighted by atomic mass is 16.6. The molecule has 9 nitrogen and oxygen atoms in total. The summed E-state index contributed by atoms with van der Waals surface area (Å²) < 4.78 is 10.8. The third-order valence-electron chi connectivity index (χ3n) is 3.55. The van der Waals surface area contributed by atoms with Crippen molar-refractivity contribution in [2.75, 3.05) is 25.1 Å². The van der Waals surface area contributed by atoms with E-state index in [4.69, 9.17) is 9.47 Å². The highest BCUT2D eigenvalue weighted by Crippen LogP contribution is 2.32. The van der Waals surface area contributed by atoms with Crippen LogP contribution in [0.3, 0.4) is 0 Å². The molecule has 0 atom stereocenters. The number of nitro groups is 1. The van der Waals surface area contributed by atoms with Gasteiger partial charge in [0, 0.05) is 29.4 Å². The molecule has 0 saturated carbocycles. The molecule has 134 valence electrons. The van der Waals surface area contributed by atoms with E-state index < -0.39 is 16.7 Å². The Morgan fingerprint density at radius 3 is 2.62 bits per heavy atom. The lowest BCUT2D eigenvalue weighted by Crippen LogP contribution is -2.32. The quantitative estimate of drug-likeness (QED) is 0.621. The highest BCUT2D eigenvalue weighted by molar-refractivity contribution is 5.99. The summed E-state index contributed by atoms with van der Waals surface area (Å²) in [5.74, 6) is 0.120. The fourth-order valence-corrected chi connectivity index (χ4v) is 2.35. The van der Waals surface area contributed by atoms with Crippen LogP contribution in [-0.2, 0) is 4.79 Å². The predicted octanol–water partition coefficient (Wildman–Crippen LogP) is 1.73. The zero-order valence-electron chi connectivity index (χ0n) is 13.6. The molecule has 9 heteroatoms. The number of nitrogens with zero attached hydrogens (tertiary/aromatic N) is 1. The second-order valence-corrected chi connectivity index (χ2v) is 5.40. The van der Waals surface area contributed by atoms with Crippen molar-refractivity contribution in [2.45, 2.75) is 0 Å². The second kappa shape index (κ2) is 7.51. The number of ether oxygens (including phenoxy) is 2. The first-order valence-electron chi connectivity index (χ1n) is 7.75. The van der Waals surface area contributed by atoms with Gasteiger partial charge in [0.1, 0.15) is 13.2 Å². The molecule has 0 bridgehead atoms. The molecule has 0 unspecified atom stereocenters. The van der Waals surface area contributed by atoms with E-state index in [1.54, 1.807) is 18.2 Å². The van der Waals surface area contributed by atoms with Crippen molar-refractivity contribution in [2.24, 2.45) is 0 Å². The van der Waals surface area contributed by atoms with Crippen LogP contribution in [0.1, 0.15) is 10.4 Å². The summed E-state index contributed by atoms with van der Waals surface area (Å²) in [6, 6.07) is 10.2. The van der Waals surface area contributed by atoms with Crippen molar-refractivity contribution < 1.29 is 24.0 Å². The van der Waals surface area contributed by atoms with Crippen LogP contribution in [0.4, 0.5) is 11.4 Å². The van der Waals surface area contributed by atoms with Crippen LogP contribution >= 0.6 is 0 Å². The van der Waals surface area contributed by atoms with E-state index in [2.05, 4.69) is 10.6 Å². The second-order valence-electron chi connectivity index (χ2n) is 5.40. The Balaban J connectivity index is 1.56. The van der Waals surface area contributed by atoms with Gasteiger partial charge in [-0.3, -0.25) is 19.7 Å². The van der Waals surface area contributed by atoms with Gasteiger partial charge in [0.2, 0.25) is 5.91 Å². The summed E-state index contributed by atoms with van der Waals surface area (Å²) in [5.41, 5.74) is 0.411. The molecule has 1 aliphatic heterocycles. The molecule has 2 aromatic rings. The van der Waals surface area contributed by atoms with Crippen LogP contribution in [0.5, 0.6) is 11.5 Å². The number of hydrogen-bond acceptors (Lipinski definition) is 6. The fraction of sp³-hybridized carbons (Fsp3) is 0.176. The minimum Gasteiger partial charge on any atom is -0.486 e. The number of nitrogens with one attached hydrogen (secondary N) is 2. The van der Waals surface area contributed by atoms with Crippen molar-refractivity contribution in [1.29, 1.82) is 0 Å². The largest absolute Gasteiger partial charge is 0.486 e. The molecule has 1 aliphatic rings. The van der Waals surface area contributed by atoms with Crippen LogP contribution in [0.15, 0.2) is 42.5 Å². The van der Waals surface area contributed by atoms with Crippen molar-refractivity contribution in [3.8, 4) is 11.5 Å². The zero-order valence-corrected chi connectivity index (χ0v) is 13.6. The zero-order chi connectivity index (χ0) is 18.5. The molecule has 2 amide bonds. The number of non-ortho nitro benzene ring substituents is 1. The van der Waals surface area contributed by atoms with E-state index in [1.807, 2.05) is 0 Å². The third-order valence-corrected chi connectivity index (χ3v) is 3.55. The number of carbonyl (C=O) groups excluding carboxylic acids is 2. The number of nitro benzene ring substituents is 1. The molecule has 26 heavy (non-hydrogen) atoms. The van der Waals surface area contributed by atoms with Gasteiger partial charge in [0.05, 0.1) is 11.5 Å². The van der Waals surface area contributed by atoms with E-state index in [1.165, 1.54) is 18.2 Å². The molecule has 0 fully saturated rings. The number of fused-ring (bicyclic) bond motifs is 1. The van der Waals surface area contributed by atoms with Crippen LogP contribution in [-0.4, -0.2) is 36.5 Å². The smallest absolute Gasteiger partial charge is 0.270 e. The summed E-state index contributed by atoms with van der Waals surface area (Å²) in [6.07, 6.45) is 0. The maximum absolute atomic E-state index is 12.0. The van der Waals surface area contributed by atoms with Gasteiger partial charge in [-0.1, -0.05) is 6.07 Å². The van der Waals surface area contributed by atoms with E-state index in [0.717, 1.165) is 6.07 Å². The lowest BCUT2D eigenvalue weighted by Gasteiger charge is -2.19. The lowest BCUT2D eigenvalue weighted by atomic mass is 10.2. The van der Waals surface area contributed by atoms with E-state index in [0.29, 0.717) is 30.4 Å². The molecule has 0 aromatic heterocycles. The lowest BCUT2D eigenvalue weighted by molar-refractivity contribution is -0.384. The number of amides is 2. The Kier molecular flexibility index (Phi) is 4.97. The first-order chi connectivity index (χ1) is 12.5. The Morgan fingerprint density at radius 2 is 1.85 bits per heavy atom. The van der Waals surface area contributed by atoms with Crippen LogP contribution in [0.25, 0.3) is 0 Å². The third kappa shape index (κ3) is 4.07. The van der Waals surface area contributed by atoms with Crippen LogP contribution in [0, 0.1) is 10.1 Å². The number of hydrogen-bond donors (Lipinski definition) is 2. The van der Waals surface area contributed by atoms with E-state index >= 15 is 0 Å². The molecule has 0 aliphatic carbocycles. The molecular weight excluding hydrogens is 342 g/mol. The van der Waals surface area contributed by atoms with Gasteiger partial charge in [0.15, 0.2) is 11.5 Å². The molecular formula is C17H15N3O6. The van der Waals surface area contributed by atoms with E-state index in [9.17, 15) is 19.7 Å². The van der Waals surface area contributed by atoms with Crippen LogP contribution < -0.4 is 20.1 Å². The first kappa shape index (κ1) is 17.2. The minimum atomic E-state index is -0.592. The number of benzene rings is 2. The minimum absolute atomic E-state index is 0.103. The Hall–Kier alpha value is -3.62. The SMILES string of the molecule is O=C(CNC(=O)c1cccc([N+](=O)[O-])c1)Nc1ccc2c(c1)OCCO2. The molecule has 3 rings (SSSR count). The van der Waals surface area contributed by atoms with Crippen molar-refractivity contribution in [3.05, 3.63) is 58.1 Å². The van der Waals surface area contributed by atoms with Gasteiger partial charge < -0.3 is 20.1 Å². The van der Waals surface area contributed by atoms with Gasteiger partial charge in [-0.15, -0.1) is 0 Å². The Bertz CT molecular complexity index is 867. The number of anilines is 1. The van der Waals surface area contributed by atoms with Crippen LogP contribution in [0.2, 0.25) is 0 Å². The van der Waals surface area contributed by atoms with Gasteiger partial charge >= 0.3 is 0 Å². The molecule has 0 saturated heterocycles. The molecule has 0 radical (unpaired) electrons. The van der Waals surface area contributed by atoms with Gasteiger partial charge in [-0.25, -0.2) is 0 Å². The highest BCUT2D eigenvalue weighted by Gasteiger charge is 2.14. The molecule has 1 heterocycles. The number of rotatable bonds is 5. The summed E-state index contributed by atoms with van der Waals surface area (Å²) in [7, 11) is 0. The first-order valence-corrected chi connectivity index (χ1v) is 7.75. The predicted molar refractivity (Wildman–Crippen MR) is 91.5 cm³/mol. The molecule has 2 aromatic carbocycles. The van der Waals surface area contributed by atoms with Gasteiger partial charge in [-0.05, 0) is 18.2 Å². The summed E-state index contributed by atoms with van der Waals surface area (Å²) in [6.45, 7) is 0.627. The topological polar surface area (TPSA) is 120 Å². The summed E-state index contributed by atoms with van der Waals surface area (Å²) in [5, 5.41) is 15.8. The van der Waals surface area contributed by atoms with Crippen molar-refractivity contribution in [3.63, 3.8) is 0 Å². The standard InChI is InChI=1S/C17H15N3O6/c21-16(19-12-4-5-14-15(9-12)26-7-6-25-14)10-18-17(22)11-2-1-3-13(8-11)20(23)24/h1-5,8-9H,6-7,10H2,(H,18,22)(H,19,21). The van der Waals surface area contributed by atoms with Crippen molar-refractivity contribution >= 4 is 23.2 Å². The average Bonchev–Trinajstić information content (AvgIpc) is 2.66. The average molecular weight is 357 g/mol. The number of carbonyl (C=O) groups is 2. The maximum atomic E-state index is 12.0. The Labute approximate surface area is 148 Å². The molecule has 0 spiro atoms. The van der Waals surface area contributed by atoms with E-state index in [-0.39, 0.29) is 17.8 Å². The Morgan fingerprint density at radius 1 is 1.08 bits per heavy atom. The molecule has 2 N–H and O–H groups in total. The fourth-order valence-electron chi connectivity index (χ4n) is 2.35. The van der Waals surface area contributed by atoms with Crippen molar-refractivity contribution in [1.82, 2.24) is 5.32 Å². The normalized spacial score (nSPS) is 12.2. The van der Waals surface area contributed by atoms with Gasteiger partial charge in [0.25, 0.3) is 11.6 Å².